The van der Waals surface area contributed by atoms with Crippen molar-refractivity contribution in [2.45, 2.75) is 51.0 Å². The minimum absolute atomic E-state index is 0.0946. The monoisotopic (exact) mass is 441 g/mol. The zero-order valence-corrected chi connectivity index (χ0v) is 17.9. The van der Waals surface area contributed by atoms with E-state index in [0.29, 0.717) is 48.9 Å². The number of nitriles is 1. The molecule has 162 valence electrons. The number of anilines is 1. The Balaban J connectivity index is 1.66. The molecule has 0 saturated carbocycles. The molecule has 2 aliphatic heterocycles. The van der Waals surface area contributed by atoms with E-state index >= 15 is 0 Å². The first kappa shape index (κ1) is 20.2. The van der Waals surface area contributed by atoms with E-state index in [1.54, 1.807) is 10.9 Å². The topological polar surface area (TPSA) is 105 Å². The molecule has 2 saturated heterocycles. The second kappa shape index (κ2) is 8.46. The van der Waals surface area contributed by atoms with Crippen LogP contribution in [0.1, 0.15) is 38.3 Å². The van der Waals surface area contributed by atoms with E-state index in [2.05, 4.69) is 21.1 Å². The number of hydrogen-bond acceptors (Lipinski definition) is 7. The molecule has 3 aromatic heterocycles. The molecule has 1 atom stereocenters. The Labute approximate surface area is 184 Å². The lowest BCUT2D eigenvalue weighted by Gasteiger charge is -2.32. The van der Waals surface area contributed by atoms with Crippen molar-refractivity contribution < 1.29 is 9.84 Å². The number of aliphatic hydroxyl groups excluding tert-OH is 1. The molecule has 0 aliphatic carbocycles. The molecule has 10 heteroatoms. The van der Waals surface area contributed by atoms with Crippen LogP contribution in [0.5, 0.6) is 0 Å². The largest absolute Gasteiger partial charge is 0.393 e. The highest BCUT2D eigenvalue weighted by Crippen LogP contribution is 2.37. The Morgan fingerprint density at radius 1 is 1.26 bits per heavy atom. The fourth-order valence-corrected chi connectivity index (χ4v) is 4.67. The fourth-order valence-electron chi connectivity index (χ4n) is 4.48. The third-order valence-electron chi connectivity index (χ3n) is 6.01. The number of rotatable bonds is 4. The standard InChI is InChI=1S/C21H24ClN7O2/c22-17-13-16(27-9-5-14(30)6-10-27)21-20(25-17)19(26-28(21)11-7-23)15-4-8-24-29(15)18-3-1-2-12-31-18/h4,8,13-14,18,30H,1-3,5-6,9-12H2. The highest BCUT2D eigenvalue weighted by atomic mass is 35.5. The maximum atomic E-state index is 9.92. The van der Waals surface area contributed by atoms with Gasteiger partial charge in [0, 0.05) is 32.0 Å². The van der Waals surface area contributed by atoms with E-state index in [4.69, 9.17) is 21.4 Å². The lowest BCUT2D eigenvalue weighted by Crippen LogP contribution is -2.36. The van der Waals surface area contributed by atoms with Crippen LogP contribution in [-0.4, -0.2) is 55.5 Å². The summed E-state index contributed by atoms with van der Waals surface area (Å²) < 4.78 is 9.48. The molecule has 1 N–H and O–H groups in total. The van der Waals surface area contributed by atoms with Gasteiger partial charge < -0.3 is 14.7 Å². The van der Waals surface area contributed by atoms with Crippen molar-refractivity contribution in [3.8, 4) is 17.5 Å². The van der Waals surface area contributed by atoms with Crippen molar-refractivity contribution in [2.75, 3.05) is 24.6 Å². The smallest absolute Gasteiger partial charge is 0.150 e. The van der Waals surface area contributed by atoms with E-state index < -0.39 is 0 Å². The lowest BCUT2D eigenvalue weighted by molar-refractivity contribution is -0.0384. The summed E-state index contributed by atoms with van der Waals surface area (Å²) in [5, 5.41) is 29.0. The number of fused-ring (bicyclic) bond motifs is 1. The van der Waals surface area contributed by atoms with Crippen LogP contribution in [0.2, 0.25) is 5.15 Å². The van der Waals surface area contributed by atoms with E-state index in [1.807, 2.05) is 16.8 Å². The number of hydrogen-bond donors (Lipinski definition) is 1. The SMILES string of the molecule is N#CCn1nc(-c2ccnn2C2CCCCO2)c2nc(Cl)cc(N3CCC(O)CC3)c21. The van der Waals surface area contributed by atoms with Gasteiger partial charge in [-0.3, -0.25) is 0 Å². The van der Waals surface area contributed by atoms with Crippen LogP contribution in [0.3, 0.4) is 0 Å². The van der Waals surface area contributed by atoms with Gasteiger partial charge in [-0.1, -0.05) is 11.6 Å². The first-order chi connectivity index (χ1) is 15.2. The average molecular weight is 442 g/mol. The predicted molar refractivity (Wildman–Crippen MR) is 116 cm³/mol. The van der Waals surface area contributed by atoms with Gasteiger partial charge in [-0.2, -0.15) is 15.5 Å². The lowest BCUT2D eigenvalue weighted by atomic mass is 10.1. The van der Waals surface area contributed by atoms with E-state index in [-0.39, 0.29) is 18.9 Å². The number of halogens is 1. The summed E-state index contributed by atoms with van der Waals surface area (Å²) in [4.78, 5) is 6.79. The number of pyridine rings is 1. The first-order valence-electron chi connectivity index (χ1n) is 10.7. The molecule has 31 heavy (non-hydrogen) atoms. The van der Waals surface area contributed by atoms with Crippen LogP contribution in [0.25, 0.3) is 22.4 Å². The Kier molecular flexibility index (Phi) is 5.52. The molecule has 0 radical (unpaired) electrons. The van der Waals surface area contributed by atoms with Crippen molar-refractivity contribution in [3.63, 3.8) is 0 Å². The van der Waals surface area contributed by atoms with Crippen LogP contribution in [0, 0.1) is 11.3 Å². The van der Waals surface area contributed by atoms with Crippen molar-refractivity contribution >= 4 is 28.3 Å². The first-order valence-corrected chi connectivity index (χ1v) is 11.1. The van der Waals surface area contributed by atoms with Gasteiger partial charge in [0.2, 0.25) is 0 Å². The molecule has 3 aromatic rings. The highest BCUT2D eigenvalue weighted by Gasteiger charge is 2.27. The molecule has 0 amide bonds. The van der Waals surface area contributed by atoms with Crippen LogP contribution in [0.4, 0.5) is 5.69 Å². The molecule has 5 rings (SSSR count). The minimum atomic E-state index is -0.284. The molecular weight excluding hydrogens is 418 g/mol. The number of aliphatic hydroxyl groups is 1. The maximum absolute atomic E-state index is 9.92. The minimum Gasteiger partial charge on any atom is -0.393 e. The fraction of sp³-hybridized carbons (Fsp3) is 0.524. The van der Waals surface area contributed by atoms with Crippen molar-refractivity contribution in [1.29, 1.82) is 5.26 Å². The molecule has 0 bridgehead atoms. The van der Waals surface area contributed by atoms with Crippen molar-refractivity contribution in [2.24, 2.45) is 0 Å². The molecule has 2 aliphatic rings. The van der Waals surface area contributed by atoms with E-state index in [9.17, 15) is 10.4 Å². The van der Waals surface area contributed by atoms with Gasteiger partial charge in [0.15, 0.2) is 6.23 Å². The van der Waals surface area contributed by atoms with Crippen LogP contribution in [-0.2, 0) is 11.3 Å². The summed E-state index contributed by atoms with van der Waals surface area (Å²) in [6.07, 6.45) is 5.71. The number of nitrogens with zero attached hydrogens (tertiary/aromatic N) is 7. The summed E-state index contributed by atoms with van der Waals surface area (Å²) in [7, 11) is 0. The predicted octanol–water partition coefficient (Wildman–Crippen LogP) is 3.13. The summed E-state index contributed by atoms with van der Waals surface area (Å²) in [6.45, 7) is 2.22. The van der Waals surface area contributed by atoms with Gasteiger partial charge in [0.1, 0.15) is 28.4 Å². The van der Waals surface area contributed by atoms with Crippen LogP contribution >= 0.6 is 11.6 Å². The second-order valence-corrected chi connectivity index (χ2v) is 8.41. The highest BCUT2D eigenvalue weighted by molar-refractivity contribution is 6.30. The number of ether oxygens (including phenoxy) is 1. The van der Waals surface area contributed by atoms with Crippen LogP contribution in [0.15, 0.2) is 18.3 Å². The van der Waals surface area contributed by atoms with Gasteiger partial charge in [0.25, 0.3) is 0 Å². The Morgan fingerprint density at radius 2 is 2.10 bits per heavy atom. The molecular formula is C21H24ClN7O2. The second-order valence-electron chi connectivity index (χ2n) is 8.03. The molecule has 2 fully saturated rings. The van der Waals surface area contributed by atoms with Gasteiger partial charge in [-0.05, 0) is 38.2 Å². The summed E-state index contributed by atoms with van der Waals surface area (Å²) in [5.41, 5.74) is 3.73. The van der Waals surface area contributed by atoms with Crippen molar-refractivity contribution in [1.82, 2.24) is 24.5 Å². The average Bonchev–Trinajstić information content (AvgIpc) is 3.40. The maximum Gasteiger partial charge on any atom is 0.150 e. The normalized spacial score (nSPS) is 20.3. The quantitative estimate of drug-likeness (QED) is 0.620. The van der Waals surface area contributed by atoms with Gasteiger partial charge in [-0.25, -0.2) is 14.3 Å². The Morgan fingerprint density at radius 3 is 2.84 bits per heavy atom. The summed E-state index contributed by atoms with van der Waals surface area (Å²) >= 11 is 6.44. The van der Waals surface area contributed by atoms with Crippen LogP contribution < -0.4 is 4.90 Å². The van der Waals surface area contributed by atoms with Gasteiger partial charge in [-0.15, -0.1) is 0 Å². The third kappa shape index (κ3) is 3.76. The number of aromatic nitrogens is 5. The zero-order chi connectivity index (χ0) is 21.4. The summed E-state index contributed by atoms with van der Waals surface area (Å²) in [6, 6.07) is 5.92. The van der Waals surface area contributed by atoms with Gasteiger partial charge in [0.05, 0.1) is 23.6 Å². The van der Waals surface area contributed by atoms with Crippen molar-refractivity contribution in [3.05, 3.63) is 23.5 Å². The Hall–Kier alpha value is -2.67. The molecule has 1 unspecified atom stereocenters. The molecule has 0 aromatic carbocycles. The molecule has 9 nitrogen and oxygen atoms in total. The molecule has 5 heterocycles. The van der Waals surface area contributed by atoms with Gasteiger partial charge >= 0.3 is 0 Å². The van der Waals surface area contributed by atoms with E-state index in [1.165, 1.54) is 0 Å². The van der Waals surface area contributed by atoms with E-state index in [0.717, 1.165) is 36.2 Å². The number of piperidine rings is 1. The summed E-state index contributed by atoms with van der Waals surface area (Å²) in [5.74, 6) is 0. The third-order valence-corrected chi connectivity index (χ3v) is 6.21. The zero-order valence-electron chi connectivity index (χ0n) is 17.1. The molecule has 0 spiro atoms. The Bertz CT molecular complexity index is 1120.